The van der Waals surface area contributed by atoms with Crippen molar-refractivity contribution in [2.24, 2.45) is 5.18 Å². The molecule has 0 aliphatic carbocycles. The number of nitrogens with zero attached hydrogens (tertiary/aromatic N) is 3. The molecule has 0 spiro atoms. The molecule has 0 saturated carbocycles. The highest BCUT2D eigenvalue weighted by Crippen LogP contribution is 2.29. The second-order valence-corrected chi connectivity index (χ2v) is 6.69. The van der Waals surface area contributed by atoms with Gasteiger partial charge in [-0.05, 0) is 29.4 Å². The maximum atomic E-state index is 14.0. The fraction of sp³-hybridized carbons (Fsp3) is 0.143. The molecule has 1 amide bonds. The standard InChI is InChI=1S/C14H12FN3O4S/c1-9(19)18(14-7-10(17-20)5-6-16-14)11-3-4-13(12(15)8-11)23(2,21)22/h3-8H,1-2H3. The normalized spacial score (nSPS) is 11.1. The van der Waals surface area contributed by atoms with Gasteiger partial charge >= 0.3 is 0 Å². The maximum absolute atomic E-state index is 14.0. The van der Waals surface area contributed by atoms with Gasteiger partial charge in [-0.3, -0.25) is 9.69 Å². The van der Waals surface area contributed by atoms with Crippen LogP contribution in [-0.2, 0) is 14.6 Å². The Balaban J connectivity index is 2.57. The minimum atomic E-state index is -3.72. The summed E-state index contributed by atoms with van der Waals surface area (Å²) in [5.41, 5.74) is 0.132. The zero-order valence-electron chi connectivity index (χ0n) is 12.2. The van der Waals surface area contributed by atoms with Crippen LogP contribution in [0.25, 0.3) is 0 Å². The fourth-order valence-electron chi connectivity index (χ4n) is 1.99. The van der Waals surface area contributed by atoms with Crippen molar-refractivity contribution in [1.29, 1.82) is 0 Å². The molecule has 0 saturated heterocycles. The number of anilines is 2. The van der Waals surface area contributed by atoms with Gasteiger partial charge in [-0.1, -0.05) is 0 Å². The number of hydrogen-bond donors (Lipinski definition) is 0. The van der Waals surface area contributed by atoms with Gasteiger partial charge in [-0.25, -0.2) is 17.8 Å². The molecule has 0 unspecified atom stereocenters. The molecular weight excluding hydrogens is 325 g/mol. The third-order valence-electron chi connectivity index (χ3n) is 2.95. The fourth-order valence-corrected chi connectivity index (χ4v) is 2.72. The van der Waals surface area contributed by atoms with E-state index < -0.39 is 26.5 Å². The van der Waals surface area contributed by atoms with E-state index in [0.29, 0.717) is 0 Å². The summed E-state index contributed by atoms with van der Waals surface area (Å²) >= 11 is 0. The number of benzene rings is 1. The SMILES string of the molecule is CC(=O)N(c1ccc(S(C)(=O)=O)c(F)c1)c1cc(N=O)ccn1. The van der Waals surface area contributed by atoms with Crippen LogP contribution in [0.2, 0.25) is 0 Å². The van der Waals surface area contributed by atoms with E-state index in [-0.39, 0.29) is 17.2 Å². The van der Waals surface area contributed by atoms with Gasteiger partial charge in [0.15, 0.2) is 9.84 Å². The zero-order chi connectivity index (χ0) is 17.2. The van der Waals surface area contributed by atoms with Gasteiger partial charge < -0.3 is 0 Å². The van der Waals surface area contributed by atoms with Crippen LogP contribution in [0.1, 0.15) is 6.92 Å². The first kappa shape index (κ1) is 16.7. The summed E-state index contributed by atoms with van der Waals surface area (Å²) in [4.78, 5) is 27.0. The highest BCUT2D eigenvalue weighted by Gasteiger charge is 2.20. The second-order valence-electron chi connectivity index (χ2n) is 4.70. The minimum absolute atomic E-state index is 0.0504. The number of rotatable bonds is 4. The number of halogens is 1. The molecule has 0 atom stereocenters. The number of nitroso groups, excluding NO2 is 1. The van der Waals surface area contributed by atoms with Crippen LogP contribution < -0.4 is 4.90 Å². The van der Waals surface area contributed by atoms with Gasteiger partial charge in [-0.15, -0.1) is 4.91 Å². The van der Waals surface area contributed by atoms with Crippen LogP contribution in [0.3, 0.4) is 0 Å². The third-order valence-corrected chi connectivity index (χ3v) is 4.08. The van der Waals surface area contributed by atoms with Crippen molar-refractivity contribution in [3.63, 3.8) is 0 Å². The molecule has 1 heterocycles. The van der Waals surface area contributed by atoms with Crippen molar-refractivity contribution in [3.8, 4) is 0 Å². The largest absolute Gasteiger partial charge is 0.274 e. The molecule has 0 aliphatic rings. The number of aromatic nitrogens is 1. The summed E-state index contributed by atoms with van der Waals surface area (Å²) < 4.78 is 36.9. The zero-order valence-corrected chi connectivity index (χ0v) is 13.0. The van der Waals surface area contributed by atoms with Crippen molar-refractivity contribution >= 4 is 32.9 Å². The molecule has 7 nitrogen and oxygen atoms in total. The molecule has 0 N–H and O–H groups in total. The van der Waals surface area contributed by atoms with Crippen molar-refractivity contribution in [3.05, 3.63) is 47.3 Å². The van der Waals surface area contributed by atoms with Crippen LogP contribution in [-0.4, -0.2) is 25.6 Å². The van der Waals surface area contributed by atoms with Gasteiger partial charge in [0.1, 0.15) is 22.2 Å². The van der Waals surface area contributed by atoms with E-state index in [0.717, 1.165) is 23.3 Å². The van der Waals surface area contributed by atoms with Crippen molar-refractivity contribution in [1.82, 2.24) is 4.98 Å². The van der Waals surface area contributed by atoms with E-state index in [9.17, 15) is 22.5 Å². The summed E-state index contributed by atoms with van der Waals surface area (Å²) in [6, 6.07) is 5.88. The molecule has 0 bridgehead atoms. The number of amides is 1. The Kier molecular flexibility index (Phi) is 4.50. The first-order valence-electron chi connectivity index (χ1n) is 6.34. The van der Waals surface area contributed by atoms with Crippen LogP contribution in [0.15, 0.2) is 46.6 Å². The van der Waals surface area contributed by atoms with Crippen molar-refractivity contribution in [2.75, 3.05) is 11.2 Å². The predicted molar refractivity (Wildman–Crippen MR) is 82.0 cm³/mol. The number of carbonyl (C=O) groups excluding carboxylic acids is 1. The first-order valence-corrected chi connectivity index (χ1v) is 8.23. The highest BCUT2D eigenvalue weighted by atomic mass is 32.2. The van der Waals surface area contributed by atoms with E-state index in [1.54, 1.807) is 0 Å². The van der Waals surface area contributed by atoms with Gasteiger partial charge in [0.05, 0.1) is 5.69 Å². The number of hydrogen-bond acceptors (Lipinski definition) is 6. The Hall–Kier alpha value is -2.68. The van der Waals surface area contributed by atoms with Crippen molar-refractivity contribution < 1.29 is 17.6 Å². The average molecular weight is 337 g/mol. The third kappa shape index (κ3) is 3.57. The summed E-state index contributed by atoms with van der Waals surface area (Å²) in [5.74, 6) is -1.41. The summed E-state index contributed by atoms with van der Waals surface area (Å²) in [7, 11) is -3.72. The van der Waals surface area contributed by atoms with Gasteiger partial charge in [-0.2, -0.15) is 0 Å². The summed E-state index contributed by atoms with van der Waals surface area (Å²) in [5, 5.41) is 2.75. The Labute approximate surface area is 131 Å². The lowest BCUT2D eigenvalue weighted by molar-refractivity contribution is -0.115. The van der Waals surface area contributed by atoms with E-state index in [1.807, 2.05) is 0 Å². The molecule has 2 aromatic rings. The topological polar surface area (TPSA) is 96.8 Å². The highest BCUT2D eigenvalue weighted by molar-refractivity contribution is 7.90. The maximum Gasteiger partial charge on any atom is 0.229 e. The second kappa shape index (κ2) is 6.21. The summed E-state index contributed by atoms with van der Waals surface area (Å²) in [6.45, 7) is 1.23. The van der Waals surface area contributed by atoms with Crippen molar-refractivity contribution in [2.45, 2.75) is 11.8 Å². The average Bonchev–Trinajstić information content (AvgIpc) is 2.46. The number of carbonyl (C=O) groups is 1. The number of pyridine rings is 1. The Morgan fingerprint density at radius 2 is 1.96 bits per heavy atom. The van der Waals surface area contributed by atoms with E-state index >= 15 is 0 Å². The molecule has 0 fully saturated rings. The molecule has 1 aromatic heterocycles. The van der Waals surface area contributed by atoms with Crippen LogP contribution in [0.4, 0.5) is 21.6 Å². The van der Waals surface area contributed by atoms with E-state index in [4.69, 9.17) is 0 Å². The van der Waals surface area contributed by atoms with Gasteiger partial charge in [0.2, 0.25) is 5.91 Å². The quantitative estimate of drug-likeness (QED) is 0.799. The predicted octanol–water partition coefficient (Wildman–Crippen LogP) is 2.71. The van der Waals surface area contributed by atoms with Gasteiger partial charge in [0, 0.05) is 25.4 Å². The van der Waals surface area contributed by atoms with Crippen LogP contribution in [0, 0.1) is 10.7 Å². The van der Waals surface area contributed by atoms with E-state index in [2.05, 4.69) is 10.2 Å². The van der Waals surface area contributed by atoms with Crippen LogP contribution >= 0.6 is 0 Å². The molecular formula is C14H12FN3O4S. The molecule has 9 heteroatoms. The lowest BCUT2D eigenvalue weighted by Gasteiger charge is -2.20. The Morgan fingerprint density at radius 3 is 2.48 bits per heavy atom. The smallest absolute Gasteiger partial charge is 0.229 e. The molecule has 0 aliphatic heterocycles. The summed E-state index contributed by atoms with van der Waals surface area (Å²) in [6.07, 6.45) is 2.16. The molecule has 120 valence electrons. The first-order chi connectivity index (χ1) is 10.7. The molecule has 2 rings (SSSR count). The number of sulfone groups is 1. The van der Waals surface area contributed by atoms with E-state index in [1.165, 1.54) is 31.3 Å². The van der Waals surface area contributed by atoms with Crippen LogP contribution in [0.5, 0.6) is 0 Å². The minimum Gasteiger partial charge on any atom is -0.274 e. The Morgan fingerprint density at radius 1 is 1.26 bits per heavy atom. The monoisotopic (exact) mass is 337 g/mol. The van der Waals surface area contributed by atoms with Gasteiger partial charge in [0.25, 0.3) is 0 Å². The lowest BCUT2D eigenvalue weighted by atomic mass is 10.2. The Bertz CT molecular complexity index is 883. The molecule has 23 heavy (non-hydrogen) atoms. The molecule has 0 radical (unpaired) electrons. The molecule has 1 aromatic carbocycles. The lowest BCUT2D eigenvalue weighted by Crippen LogP contribution is -2.24.